The standard InChI is InChI=1S/C11H14ClN3O2/c12-11-9(5-15-16)3-10(6-14-11)17-7-8-1-2-13-4-8/h3,5-6,8,13,16H,1-2,4,7H2/b15-5-/t8-/m1/s1. The zero-order chi connectivity index (χ0) is 12.1. The average Bonchev–Trinajstić information content (AvgIpc) is 2.83. The Bertz CT molecular complexity index is 406. The molecule has 1 atom stereocenters. The Morgan fingerprint density at radius 2 is 2.59 bits per heavy atom. The predicted octanol–water partition coefficient (Wildman–Crippen LogP) is 1.53. The summed E-state index contributed by atoms with van der Waals surface area (Å²) in [6, 6.07) is 1.71. The number of nitrogens with zero attached hydrogens (tertiary/aromatic N) is 2. The number of ether oxygens (including phenoxy) is 1. The number of halogens is 1. The topological polar surface area (TPSA) is 66.7 Å². The predicted molar refractivity (Wildman–Crippen MR) is 65.1 cm³/mol. The third-order valence-electron chi connectivity index (χ3n) is 2.69. The Labute approximate surface area is 104 Å². The van der Waals surface area contributed by atoms with Crippen LogP contribution in [0.3, 0.4) is 0 Å². The maximum absolute atomic E-state index is 8.47. The molecule has 0 radical (unpaired) electrons. The van der Waals surface area contributed by atoms with Crippen LogP contribution in [0.4, 0.5) is 0 Å². The summed E-state index contributed by atoms with van der Waals surface area (Å²) in [5.74, 6) is 1.18. The molecule has 6 heteroatoms. The molecule has 1 aliphatic rings. The quantitative estimate of drug-likeness (QED) is 0.371. The van der Waals surface area contributed by atoms with Crippen molar-refractivity contribution in [3.05, 3.63) is 23.0 Å². The van der Waals surface area contributed by atoms with Gasteiger partial charge in [-0.25, -0.2) is 4.98 Å². The van der Waals surface area contributed by atoms with E-state index >= 15 is 0 Å². The summed E-state index contributed by atoms with van der Waals surface area (Å²) in [5.41, 5.74) is 0.538. The van der Waals surface area contributed by atoms with Crippen LogP contribution in [0, 0.1) is 5.92 Å². The zero-order valence-electron chi connectivity index (χ0n) is 9.27. The Hall–Kier alpha value is -1.33. The Morgan fingerprint density at radius 1 is 1.71 bits per heavy atom. The van der Waals surface area contributed by atoms with Gasteiger partial charge < -0.3 is 15.3 Å². The van der Waals surface area contributed by atoms with Crippen LogP contribution < -0.4 is 10.1 Å². The van der Waals surface area contributed by atoms with Crippen LogP contribution in [0.5, 0.6) is 5.75 Å². The molecule has 0 aromatic carbocycles. The molecule has 0 spiro atoms. The molecule has 1 saturated heterocycles. The number of hydrogen-bond acceptors (Lipinski definition) is 5. The van der Waals surface area contributed by atoms with Gasteiger partial charge in [0.05, 0.1) is 19.0 Å². The summed E-state index contributed by atoms with van der Waals surface area (Å²) in [5, 5.41) is 15.0. The van der Waals surface area contributed by atoms with E-state index < -0.39 is 0 Å². The van der Waals surface area contributed by atoms with E-state index in [4.69, 9.17) is 21.5 Å². The van der Waals surface area contributed by atoms with Crippen LogP contribution in [0.1, 0.15) is 12.0 Å². The van der Waals surface area contributed by atoms with Crippen molar-refractivity contribution >= 4 is 17.8 Å². The molecule has 1 fully saturated rings. The fourth-order valence-electron chi connectivity index (χ4n) is 1.75. The third kappa shape index (κ3) is 3.31. The van der Waals surface area contributed by atoms with Crippen molar-refractivity contribution in [2.45, 2.75) is 6.42 Å². The van der Waals surface area contributed by atoms with Gasteiger partial charge in [0.25, 0.3) is 0 Å². The lowest BCUT2D eigenvalue weighted by Gasteiger charge is -2.11. The van der Waals surface area contributed by atoms with Crippen molar-refractivity contribution < 1.29 is 9.94 Å². The molecule has 0 aliphatic carbocycles. The molecule has 2 rings (SSSR count). The van der Waals surface area contributed by atoms with Gasteiger partial charge in [-0.15, -0.1) is 0 Å². The molecule has 1 aromatic heterocycles. The summed E-state index contributed by atoms with van der Waals surface area (Å²) < 4.78 is 5.63. The second kappa shape index (κ2) is 5.84. The number of aromatic nitrogens is 1. The summed E-state index contributed by atoms with van der Waals surface area (Å²) >= 11 is 5.82. The van der Waals surface area contributed by atoms with Gasteiger partial charge >= 0.3 is 0 Å². The minimum atomic E-state index is 0.290. The summed E-state index contributed by atoms with van der Waals surface area (Å²) in [4.78, 5) is 3.97. The molecule has 92 valence electrons. The minimum Gasteiger partial charge on any atom is -0.492 e. The van der Waals surface area contributed by atoms with Crippen LogP contribution in [-0.2, 0) is 0 Å². The number of hydrogen-bond donors (Lipinski definition) is 2. The highest BCUT2D eigenvalue weighted by atomic mass is 35.5. The Morgan fingerprint density at radius 3 is 3.29 bits per heavy atom. The van der Waals surface area contributed by atoms with Crippen molar-refractivity contribution in [2.75, 3.05) is 19.7 Å². The highest BCUT2D eigenvalue weighted by molar-refractivity contribution is 6.31. The van der Waals surface area contributed by atoms with Gasteiger partial charge in [-0.1, -0.05) is 16.8 Å². The lowest BCUT2D eigenvalue weighted by molar-refractivity contribution is 0.259. The van der Waals surface area contributed by atoms with Crippen molar-refractivity contribution in [2.24, 2.45) is 11.1 Å². The molecule has 17 heavy (non-hydrogen) atoms. The van der Waals surface area contributed by atoms with Crippen LogP contribution in [0.2, 0.25) is 5.15 Å². The molecular weight excluding hydrogens is 242 g/mol. The van der Waals surface area contributed by atoms with E-state index in [1.165, 1.54) is 6.21 Å². The van der Waals surface area contributed by atoms with Gasteiger partial charge in [-0.3, -0.25) is 0 Å². The molecule has 0 amide bonds. The van der Waals surface area contributed by atoms with E-state index in [1.54, 1.807) is 12.3 Å². The molecule has 1 aliphatic heterocycles. The van der Waals surface area contributed by atoms with Gasteiger partial charge in [-0.2, -0.15) is 0 Å². The van der Waals surface area contributed by atoms with Crippen LogP contribution in [-0.4, -0.2) is 36.1 Å². The summed E-state index contributed by atoms with van der Waals surface area (Å²) in [6.07, 6.45) is 3.94. The van der Waals surface area contributed by atoms with E-state index in [0.717, 1.165) is 19.5 Å². The lowest BCUT2D eigenvalue weighted by Crippen LogP contribution is -2.15. The van der Waals surface area contributed by atoms with E-state index in [1.807, 2.05) is 0 Å². The summed E-state index contributed by atoms with van der Waals surface area (Å²) in [6.45, 7) is 2.70. The fraction of sp³-hybridized carbons (Fsp3) is 0.455. The SMILES string of the molecule is O/N=C\c1cc(OC[C@@H]2CCNC2)cnc1Cl. The number of pyridine rings is 1. The van der Waals surface area contributed by atoms with E-state index in [0.29, 0.717) is 23.8 Å². The van der Waals surface area contributed by atoms with Crippen LogP contribution >= 0.6 is 11.6 Å². The molecule has 0 unspecified atom stereocenters. The monoisotopic (exact) mass is 255 g/mol. The second-order valence-corrected chi connectivity index (χ2v) is 4.32. The first-order valence-corrected chi connectivity index (χ1v) is 5.84. The first-order chi connectivity index (χ1) is 8.29. The largest absolute Gasteiger partial charge is 0.492 e. The fourth-order valence-corrected chi connectivity index (χ4v) is 1.90. The highest BCUT2D eigenvalue weighted by Crippen LogP contribution is 2.19. The van der Waals surface area contributed by atoms with E-state index in [2.05, 4.69) is 15.5 Å². The van der Waals surface area contributed by atoms with Crippen LogP contribution in [0.25, 0.3) is 0 Å². The van der Waals surface area contributed by atoms with Crippen molar-refractivity contribution in [1.29, 1.82) is 0 Å². The zero-order valence-corrected chi connectivity index (χ0v) is 10.0. The third-order valence-corrected chi connectivity index (χ3v) is 3.00. The molecule has 1 aromatic rings. The highest BCUT2D eigenvalue weighted by Gasteiger charge is 2.15. The molecule has 2 N–H and O–H groups in total. The maximum atomic E-state index is 8.47. The first-order valence-electron chi connectivity index (χ1n) is 5.46. The molecule has 5 nitrogen and oxygen atoms in total. The summed E-state index contributed by atoms with van der Waals surface area (Å²) in [7, 11) is 0. The number of rotatable bonds is 4. The molecule has 2 heterocycles. The second-order valence-electron chi connectivity index (χ2n) is 3.97. The molecule has 0 saturated carbocycles. The first kappa shape index (κ1) is 12.1. The van der Waals surface area contributed by atoms with E-state index in [9.17, 15) is 0 Å². The van der Waals surface area contributed by atoms with E-state index in [-0.39, 0.29) is 5.15 Å². The number of nitrogens with one attached hydrogen (secondary N) is 1. The van der Waals surface area contributed by atoms with Gasteiger partial charge in [0, 0.05) is 18.0 Å². The van der Waals surface area contributed by atoms with Crippen molar-refractivity contribution in [1.82, 2.24) is 10.3 Å². The Balaban J connectivity index is 1.98. The van der Waals surface area contributed by atoms with Gasteiger partial charge in [0.2, 0.25) is 0 Å². The number of oxime groups is 1. The van der Waals surface area contributed by atoms with Crippen molar-refractivity contribution in [3.8, 4) is 5.75 Å². The van der Waals surface area contributed by atoms with Crippen molar-refractivity contribution in [3.63, 3.8) is 0 Å². The normalized spacial score (nSPS) is 19.9. The lowest BCUT2D eigenvalue weighted by atomic mass is 10.1. The molecule has 0 bridgehead atoms. The minimum absolute atomic E-state index is 0.290. The van der Waals surface area contributed by atoms with Gasteiger partial charge in [0.15, 0.2) is 0 Å². The van der Waals surface area contributed by atoms with Gasteiger partial charge in [0.1, 0.15) is 10.9 Å². The van der Waals surface area contributed by atoms with Crippen LogP contribution in [0.15, 0.2) is 17.4 Å². The molecular formula is C11H14ClN3O2. The maximum Gasteiger partial charge on any atom is 0.138 e. The smallest absolute Gasteiger partial charge is 0.138 e. The average molecular weight is 256 g/mol. The Kier molecular flexibility index (Phi) is 4.17. The van der Waals surface area contributed by atoms with Gasteiger partial charge in [-0.05, 0) is 19.0 Å².